The zero-order valence-corrected chi connectivity index (χ0v) is 13.3. The highest BCUT2D eigenvalue weighted by molar-refractivity contribution is 14.1. The number of likely N-dealkylation sites (N-methyl/N-ethyl adjacent to an activating group) is 1. The first kappa shape index (κ1) is 14.3. The Bertz CT molecular complexity index is 491. The van der Waals surface area contributed by atoms with Gasteiger partial charge in [-0.2, -0.15) is 0 Å². The first-order chi connectivity index (χ1) is 9.06. The molecule has 100 valence electrons. The summed E-state index contributed by atoms with van der Waals surface area (Å²) in [5.41, 5.74) is 0.766. The first-order valence-electron chi connectivity index (χ1n) is 6.27. The lowest BCUT2D eigenvalue weighted by Crippen LogP contribution is -3.09. The van der Waals surface area contributed by atoms with Crippen LogP contribution < -0.4 is 4.90 Å². The number of halogens is 1. The van der Waals surface area contributed by atoms with Crippen molar-refractivity contribution in [1.29, 1.82) is 0 Å². The fourth-order valence-corrected chi connectivity index (χ4v) is 2.26. The third-order valence-electron chi connectivity index (χ3n) is 3.13. The largest absolute Gasteiger partial charge is 0.347 e. The minimum Gasteiger partial charge on any atom is -0.347 e. The number of benzene rings is 1. The van der Waals surface area contributed by atoms with Gasteiger partial charge < -0.3 is 9.80 Å². The van der Waals surface area contributed by atoms with Gasteiger partial charge in [0.05, 0.1) is 20.6 Å². The predicted octanol–water partition coefficient (Wildman–Crippen LogP) is 1.33. The summed E-state index contributed by atoms with van der Waals surface area (Å²) in [6.45, 7) is 0.392. The maximum Gasteiger partial charge on any atom is 0.182 e. The van der Waals surface area contributed by atoms with E-state index in [9.17, 15) is 4.79 Å². The van der Waals surface area contributed by atoms with Crippen molar-refractivity contribution in [1.82, 2.24) is 4.90 Å². The lowest BCUT2D eigenvalue weighted by molar-refractivity contribution is -0.871. The Morgan fingerprint density at radius 2 is 1.79 bits per heavy atom. The molecule has 0 spiro atoms. The van der Waals surface area contributed by atoms with Gasteiger partial charge in [-0.05, 0) is 46.9 Å². The molecule has 2 rings (SSSR count). The number of hydrogen-bond donors (Lipinski definition) is 1. The Hall–Kier alpha value is -1.14. The fraction of sp³-hybridized carbons (Fsp3) is 0.267. The van der Waals surface area contributed by atoms with Gasteiger partial charge in [0, 0.05) is 21.5 Å². The molecule has 0 aromatic heterocycles. The predicted molar refractivity (Wildman–Crippen MR) is 85.1 cm³/mol. The number of carbonyl (C=O) groups excluding carboxylic acids is 1. The SMILES string of the molecule is C[NH+](C)C1C=CN(CC(=O)c2ccc(I)cc2)C=C1. The second kappa shape index (κ2) is 6.34. The molecule has 1 aliphatic heterocycles. The van der Waals surface area contributed by atoms with Crippen LogP contribution in [0.2, 0.25) is 0 Å². The lowest BCUT2D eigenvalue weighted by Gasteiger charge is -2.22. The lowest BCUT2D eigenvalue weighted by atomic mass is 10.1. The quantitative estimate of drug-likeness (QED) is 0.640. The average Bonchev–Trinajstić information content (AvgIpc) is 2.40. The molecule has 0 unspecified atom stereocenters. The van der Waals surface area contributed by atoms with Crippen LogP contribution in [0.5, 0.6) is 0 Å². The minimum absolute atomic E-state index is 0.140. The zero-order chi connectivity index (χ0) is 13.8. The smallest absolute Gasteiger partial charge is 0.182 e. The van der Waals surface area contributed by atoms with Crippen LogP contribution in [0.3, 0.4) is 0 Å². The molecular formula is C15H18IN2O+. The zero-order valence-electron chi connectivity index (χ0n) is 11.1. The Morgan fingerprint density at radius 1 is 1.21 bits per heavy atom. The fourth-order valence-electron chi connectivity index (χ4n) is 1.90. The van der Waals surface area contributed by atoms with Gasteiger partial charge in [-0.1, -0.05) is 12.1 Å². The molecule has 0 atom stereocenters. The second-order valence-corrected chi connectivity index (χ2v) is 6.13. The molecule has 1 aromatic rings. The molecule has 3 nitrogen and oxygen atoms in total. The highest BCUT2D eigenvalue weighted by Crippen LogP contribution is 2.09. The number of ketones is 1. The van der Waals surface area contributed by atoms with Crippen molar-refractivity contribution < 1.29 is 9.69 Å². The number of carbonyl (C=O) groups is 1. The van der Waals surface area contributed by atoms with Crippen LogP contribution >= 0.6 is 22.6 Å². The third kappa shape index (κ3) is 3.91. The van der Waals surface area contributed by atoms with Gasteiger partial charge in [-0.15, -0.1) is 0 Å². The molecule has 4 heteroatoms. The highest BCUT2D eigenvalue weighted by atomic mass is 127. The summed E-state index contributed by atoms with van der Waals surface area (Å²) in [6, 6.07) is 8.08. The molecule has 0 saturated carbocycles. The highest BCUT2D eigenvalue weighted by Gasteiger charge is 2.14. The van der Waals surface area contributed by atoms with Gasteiger partial charge in [0.2, 0.25) is 0 Å². The summed E-state index contributed by atoms with van der Waals surface area (Å²) in [6.07, 6.45) is 8.22. The van der Waals surface area contributed by atoms with Crippen LogP contribution in [-0.4, -0.2) is 37.4 Å². The molecule has 0 radical (unpaired) electrons. The number of Topliss-reactive ketones (excluding diaryl/α,β-unsaturated/α-hetero) is 1. The van der Waals surface area contributed by atoms with Crippen LogP contribution in [0.15, 0.2) is 48.8 Å². The van der Waals surface area contributed by atoms with Crippen LogP contribution in [0.1, 0.15) is 10.4 Å². The Morgan fingerprint density at radius 3 is 2.32 bits per heavy atom. The van der Waals surface area contributed by atoms with Crippen molar-refractivity contribution in [3.8, 4) is 0 Å². The molecule has 1 aliphatic rings. The van der Waals surface area contributed by atoms with E-state index < -0.39 is 0 Å². The van der Waals surface area contributed by atoms with E-state index >= 15 is 0 Å². The van der Waals surface area contributed by atoms with Crippen LogP contribution in [0.25, 0.3) is 0 Å². The summed E-state index contributed by atoms with van der Waals surface area (Å²) in [7, 11) is 4.23. The van der Waals surface area contributed by atoms with E-state index in [0.29, 0.717) is 12.6 Å². The van der Waals surface area contributed by atoms with Gasteiger partial charge in [0.15, 0.2) is 5.78 Å². The molecule has 19 heavy (non-hydrogen) atoms. The van der Waals surface area contributed by atoms with E-state index in [0.717, 1.165) is 9.13 Å². The normalized spacial score (nSPS) is 15.3. The molecule has 1 aromatic carbocycles. The van der Waals surface area contributed by atoms with Crippen molar-refractivity contribution >= 4 is 28.4 Å². The van der Waals surface area contributed by atoms with Crippen LogP contribution in [0.4, 0.5) is 0 Å². The van der Waals surface area contributed by atoms with E-state index in [4.69, 9.17) is 0 Å². The van der Waals surface area contributed by atoms with Crippen molar-refractivity contribution in [2.75, 3.05) is 20.6 Å². The van der Waals surface area contributed by atoms with E-state index in [1.807, 2.05) is 41.6 Å². The molecule has 0 aliphatic carbocycles. The van der Waals surface area contributed by atoms with Gasteiger partial charge >= 0.3 is 0 Å². The maximum atomic E-state index is 12.1. The van der Waals surface area contributed by atoms with E-state index in [1.54, 1.807) is 0 Å². The van der Waals surface area contributed by atoms with Crippen LogP contribution in [-0.2, 0) is 0 Å². The van der Waals surface area contributed by atoms with Gasteiger partial charge in [0.25, 0.3) is 0 Å². The Balaban J connectivity index is 1.96. The van der Waals surface area contributed by atoms with Crippen molar-refractivity contribution in [2.24, 2.45) is 0 Å². The topological polar surface area (TPSA) is 24.8 Å². The van der Waals surface area contributed by atoms with Gasteiger partial charge in [-0.3, -0.25) is 4.79 Å². The van der Waals surface area contributed by atoms with E-state index in [-0.39, 0.29) is 5.78 Å². The van der Waals surface area contributed by atoms with Gasteiger partial charge in [-0.25, -0.2) is 0 Å². The van der Waals surface area contributed by atoms with E-state index in [1.165, 1.54) is 4.90 Å². The molecule has 0 saturated heterocycles. The standard InChI is InChI=1S/C15H17IN2O/c1-17(2)14-7-9-18(10-8-14)11-15(19)12-3-5-13(16)6-4-12/h3-10,14H,11H2,1-2H3/p+1. The maximum absolute atomic E-state index is 12.1. The number of hydrogen-bond acceptors (Lipinski definition) is 2. The summed E-state index contributed by atoms with van der Waals surface area (Å²) in [5, 5.41) is 0. The van der Waals surface area contributed by atoms with E-state index in [2.05, 4.69) is 48.8 Å². The molecule has 0 amide bonds. The molecule has 1 heterocycles. The van der Waals surface area contributed by atoms with Crippen LogP contribution in [0, 0.1) is 3.57 Å². The number of nitrogens with zero attached hydrogens (tertiary/aromatic N) is 1. The Labute approximate surface area is 127 Å². The number of quaternary nitrogens is 1. The molecular weight excluding hydrogens is 351 g/mol. The Kier molecular flexibility index (Phi) is 4.76. The second-order valence-electron chi connectivity index (χ2n) is 4.89. The summed E-state index contributed by atoms with van der Waals surface area (Å²) in [4.78, 5) is 15.4. The van der Waals surface area contributed by atoms with Crippen molar-refractivity contribution in [3.63, 3.8) is 0 Å². The number of nitrogens with one attached hydrogen (secondary N) is 1. The monoisotopic (exact) mass is 369 g/mol. The van der Waals surface area contributed by atoms with Crippen molar-refractivity contribution in [3.05, 3.63) is 58.0 Å². The molecule has 0 bridgehead atoms. The van der Waals surface area contributed by atoms with Gasteiger partial charge in [0.1, 0.15) is 6.04 Å². The molecule has 0 fully saturated rings. The average molecular weight is 369 g/mol. The summed E-state index contributed by atoms with van der Waals surface area (Å²) in [5.74, 6) is 0.140. The summed E-state index contributed by atoms with van der Waals surface area (Å²) >= 11 is 2.24. The minimum atomic E-state index is 0.140. The van der Waals surface area contributed by atoms with Crippen molar-refractivity contribution in [2.45, 2.75) is 6.04 Å². The first-order valence-corrected chi connectivity index (χ1v) is 7.35. The third-order valence-corrected chi connectivity index (χ3v) is 3.85. The molecule has 1 N–H and O–H groups in total. The summed E-state index contributed by atoms with van der Waals surface area (Å²) < 4.78 is 1.14. The number of rotatable bonds is 4.